The molecule has 0 aliphatic carbocycles. The molecule has 0 fully saturated rings. The standard InChI is InChI=1S/C11H10BrNO3/c12-9-3-1-2-8(6-9)4-5-11(15)16-7-10(13)14/h1-6H,7H2,(H2,13,14)/b5-4+. The molecular formula is C11H10BrNO3. The minimum atomic E-state index is -0.677. The van der Waals surface area contributed by atoms with Crippen molar-refractivity contribution in [1.82, 2.24) is 0 Å². The Morgan fingerprint density at radius 3 is 2.81 bits per heavy atom. The van der Waals surface area contributed by atoms with Crippen LogP contribution in [0.4, 0.5) is 0 Å². The van der Waals surface area contributed by atoms with Crippen LogP contribution in [0.2, 0.25) is 0 Å². The largest absolute Gasteiger partial charge is 0.452 e. The normalized spacial score (nSPS) is 10.3. The van der Waals surface area contributed by atoms with Gasteiger partial charge in [0.05, 0.1) is 0 Å². The molecule has 84 valence electrons. The number of hydrogen-bond acceptors (Lipinski definition) is 3. The quantitative estimate of drug-likeness (QED) is 0.672. The first-order chi connectivity index (χ1) is 7.58. The van der Waals surface area contributed by atoms with Crippen molar-refractivity contribution in [1.29, 1.82) is 0 Å². The number of esters is 1. The number of hydrogen-bond donors (Lipinski definition) is 1. The molecule has 0 radical (unpaired) electrons. The second kappa shape index (κ2) is 6.07. The first-order valence-electron chi connectivity index (χ1n) is 4.46. The van der Waals surface area contributed by atoms with Gasteiger partial charge in [0.15, 0.2) is 6.61 Å². The molecule has 4 nitrogen and oxygen atoms in total. The van der Waals surface area contributed by atoms with Crippen LogP contribution >= 0.6 is 15.9 Å². The lowest BCUT2D eigenvalue weighted by molar-refractivity contribution is -0.142. The molecule has 0 saturated carbocycles. The summed E-state index contributed by atoms with van der Waals surface area (Å²) < 4.78 is 5.46. The third-order valence-electron chi connectivity index (χ3n) is 1.62. The van der Waals surface area contributed by atoms with E-state index in [0.29, 0.717) is 0 Å². The number of benzene rings is 1. The zero-order valence-corrected chi connectivity index (χ0v) is 9.94. The minimum absolute atomic E-state index is 0.401. The summed E-state index contributed by atoms with van der Waals surface area (Å²) >= 11 is 3.31. The van der Waals surface area contributed by atoms with Gasteiger partial charge in [-0.25, -0.2) is 4.79 Å². The van der Waals surface area contributed by atoms with E-state index in [1.165, 1.54) is 6.08 Å². The van der Waals surface area contributed by atoms with Crippen molar-refractivity contribution in [2.45, 2.75) is 0 Å². The van der Waals surface area contributed by atoms with E-state index < -0.39 is 18.5 Å². The lowest BCUT2D eigenvalue weighted by Crippen LogP contribution is -2.19. The summed E-state index contributed by atoms with van der Waals surface area (Å²) in [5.74, 6) is -1.28. The van der Waals surface area contributed by atoms with Crippen LogP contribution in [0.25, 0.3) is 6.08 Å². The van der Waals surface area contributed by atoms with Gasteiger partial charge in [-0.1, -0.05) is 28.1 Å². The van der Waals surface area contributed by atoms with Gasteiger partial charge in [-0.15, -0.1) is 0 Å². The van der Waals surface area contributed by atoms with E-state index in [9.17, 15) is 9.59 Å². The Morgan fingerprint density at radius 1 is 1.44 bits per heavy atom. The SMILES string of the molecule is NC(=O)COC(=O)/C=C/c1cccc(Br)c1. The third-order valence-corrected chi connectivity index (χ3v) is 2.11. The van der Waals surface area contributed by atoms with Gasteiger partial charge in [-0.2, -0.15) is 0 Å². The molecule has 0 atom stereocenters. The van der Waals surface area contributed by atoms with Gasteiger partial charge in [-0.3, -0.25) is 4.79 Å². The van der Waals surface area contributed by atoms with Gasteiger partial charge in [-0.05, 0) is 23.8 Å². The zero-order chi connectivity index (χ0) is 12.0. The molecule has 16 heavy (non-hydrogen) atoms. The van der Waals surface area contributed by atoms with Crippen LogP contribution in [0.5, 0.6) is 0 Å². The molecular weight excluding hydrogens is 274 g/mol. The van der Waals surface area contributed by atoms with Crippen LogP contribution in [-0.2, 0) is 14.3 Å². The summed E-state index contributed by atoms with van der Waals surface area (Å²) in [6.07, 6.45) is 2.83. The number of halogens is 1. The molecule has 1 aromatic rings. The van der Waals surface area contributed by atoms with Crippen molar-refractivity contribution in [3.63, 3.8) is 0 Å². The molecule has 0 saturated heterocycles. The van der Waals surface area contributed by atoms with Crippen LogP contribution in [0, 0.1) is 0 Å². The zero-order valence-electron chi connectivity index (χ0n) is 8.35. The fraction of sp³-hybridized carbons (Fsp3) is 0.0909. The second-order valence-electron chi connectivity index (χ2n) is 2.96. The molecule has 5 heteroatoms. The van der Waals surface area contributed by atoms with Crippen molar-refractivity contribution in [3.05, 3.63) is 40.4 Å². The van der Waals surface area contributed by atoms with Crippen molar-refractivity contribution < 1.29 is 14.3 Å². The highest BCUT2D eigenvalue weighted by molar-refractivity contribution is 9.10. The molecule has 2 N–H and O–H groups in total. The van der Waals surface area contributed by atoms with Gasteiger partial charge in [0, 0.05) is 10.5 Å². The van der Waals surface area contributed by atoms with E-state index in [2.05, 4.69) is 20.7 Å². The maximum Gasteiger partial charge on any atom is 0.331 e. The molecule has 0 aliphatic rings. The number of carbonyl (C=O) groups excluding carboxylic acids is 2. The number of primary amides is 1. The number of nitrogens with two attached hydrogens (primary N) is 1. The number of amides is 1. The Bertz CT molecular complexity index is 429. The van der Waals surface area contributed by atoms with Crippen molar-refractivity contribution in [2.24, 2.45) is 5.73 Å². The fourth-order valence-corrected chi connectivity index (χ4v) is 1.38. The van der Waals surface area contributed by atoms with Crippen LogP contribution in [0.15, 0.2) is 34.8 Å². The van der Waals surface area contributed by atoms with E-state index in [-0.39, 0.29) is 0 Å². The lowest BCUT2D eigenvalue weighted by Gasteiger charge is -1.97. The fourth-order valence-electron chi connectivity index (χ4n) is 0.965. The van der Waals surface area contributed by atoms with Crippen LogP contribution in [0.3, 0.4) is 0 Å². The molecule has 0 spiro atoms. The molecule has 1 rings (SSSR count). The van der Waals surface area contributed by atoms with Gasteiger partial charge >= 0.3 is 5.97 Å². The Kier molecular flexibility index (Phi) is 4.72. The van der Waals surface area contributed by atoms with Crippen LogP contribution < -0.4 is 5.73 Å². The van der Waals surface area contributed by atoms with E-state index in [1.54, 1.807) is 6.08 Å². The Labute approximate surface area is 101 Å². The average molecular weight is 284 g/mol. The number of rotatable bonds is 4. The van der Waals surface area contributed by atoms with Crippen molar-refractivity contribution in [2.75, 3.05) is 6.61 Å². The van der Waals surface area contributed by atoms with Gasteiger partial charge in [0.1, 0.15) is 0 Å². The van der Waals surface area contributed by atoms with Gasteiger partial charge in [0.25, 0.3) is 5.91 Å². The monoisotopic (exact) mass is 283 g/mol. The van der Waals surface area contributed by atoms with Crippen LogP contribution in [0.1, 0.15) is 5.56 Å². The maximum atomic E-state index is 11.1. The highest BCUT2D eigenvalue weighted by Crippen LogP contribution is 2.12. The van der Waals surface area contributed by atoms with Crippen molar-refractivity contribution >= 4 is 33.9 Å². The lowest BCUT2D eigenvalue weighted by atomic mass is 10.2. The summed E-state index contributed by atoms with van der Waals surface area (Å²) in [5.41, 5.74) is 5.67. The van der Waals surface area contributed by atoms with E-state index >= 15 is 0 Å². The minimum Gasteiger partial charge on any atom is -0.452 e. The molecule has 1 aromatic carbocycles. The summed E-state index contributed by atoms with van der Waals surface area (Å²) in [5, 5.41) is 0. The Morgan fingerprint density at radius 2 is 2.19 bits per heavy atom. The molecule has 0 unspecified atom stereocenters. The smallest absolute Gasteiger partial charge is 0.331 e. The van der Waals surface area contributed by atoms with E-state index in [4.69, 9.17) is 5.73 Å². The molecule has 0 aliphatic heterocycles. The predicted molar refractivity (Wildman–Crippen MR) is 63.3 cm³/mol. The van der Waals surface area contributed by atoms with Crippen molar-refractivity contribution in [3.8, 4) is 0 Å². The summed E-state index contributed by atoms with van der Waals surface area (Å²) in [4.78, 5) is 21.4. The molecule has 0 heterocycles. The van der Waals surface area contributed by atoms with E-state index in [1.807, 2.05) is 24.3 Å². The second-order valence-corrected chi connectivity index (χ2v) is 3.88. The first kappa shape index (κ1) is 12.4. The molecule has 1 amide bonds. The van der Waals surface area contributed by atoms with Crippen LogP contribution in [-0.4, -0.2) is 18.5 Å². The Balaban J connectivity index is 2.53. The van der Waals surface area contributed by atoms with E-state index in [0.717, 1.165) is 10.0 Å². The number of carbonyl (C=O) groups is 2. The highest BCUT2D eigenvalue weighted by Gasteiger charge is 1.99. The summed E-state index contributed by atoms with van der Waals surface area (Å²) in [6, 6.07) is 7.40. The molecule has 0 bridgehead atoms. The topological polar surface area (TPSA) is 69.4 Å². The van der Waals surface area contributed by atoms with Gasteiger partial charge in [0.2, 0.25) is 0 Å². The summed E-state index contributed by atoms with van der Waals surface area (Å²) in [7, 11) is 0. The highest BCUT2D eigenvalue weighted by atomic mass is 79.9. The first-order valence-corrected chi connectivity index (χ1v) is 5.26. The average Bonchev–Trinajstić information content (AvgIpc) is 2.23. The van der Waals surface area contributed by atoms with Gasteiger partial charge < -0.3 is 10.5 Å². The Hall–Kier alpha value is -1.62. The maximum absolute atomic E-state index is 11.1. The third kappa shape index (κ3) is 4.75. The summed E-state index contributed by atoms with van der Waals surface area (Å²) in [6.45, 7) is -0.401. The molecule has 0 aromatic heterocycles. The predicted octanol–water partition coefficient (Wildman–Crippen LogP) is 1.49. The number of ether oxygens (including phenoxy) is 1.